The predicted octanol–water partition coefficient (Wildman–Crippen LogP) is 1.99. The van der Waals surface area contributed by atoms with E-state index in [1.807, 2.05) is 0 Å². The Morgan fingerprint density at radius 1 is 1.56 bits per heavy atom. The molecular weight excluding hydrogens is 251 g/mol. The zero-order chi connectivity index (χ0) is 12.1. The average molecular weight is 262 g/mol. The molecule has 1 rings (SSSR count). The number of aliphatic carboxylic acids is 1. The van der Waals surface area contributed by atoms with Crippen molar-refractivity contribution in [1.29, 1.82) is 0 Å². The lowest BCUT2D eigenvalue weighted by atomic mass is 10.2. The van der Waals surface area contributed by atoms with Gasteiger partial charge in [-0.15, -0.1) is 11.6 Å². The minimum absolute atomic E-state index is 0.208. The minimum atomic E-state index is -1.24. The number of alkyl halides is 1. The number of rotatable bonds is 5. The van der Waals surface area contributed by atoms with Crippen LogP contribution in [-0.2, 0) is 10.7 Å². The summed E-state index contributed by atoms with van der Waals surface area (Å²) in [6.07, 6.45) is -0.643. The van der Waals surface area contributed by atoms with Crippen molar-refractivity contribution in [3.63, 3.8) is 0 Å². The maximum absolute atomic E-state index is 10.7. The molecule has 1 aromatic rings. The van der Waals surface area contributed by atoms with Gasteiger partial charge < -0.3 is 14.6 Å². The van der Waals surface area contributed by atoms with Gasteiger partial charge in [0.2, 0.25) is 0 Å². The molecule has 3 nitrogen and oxygen atoms in total. The highest BCUT2D eigenvalue weighted by atomic mass is 35.5. The van der Waals surface area contributed by atoms with Gasteiger partial charge in [-0.05, 0) is 24.6 Å². The van der Waals surface area contributed by atoms with Crippen molar-refractivity contribution in [2.24, 2.45) is 0 Å². The number of carbonyl (C=O) groups excluding carboxylic acids is 1. The maximum Gasteiger partial charge on any atom is 0.138 e. The first-order valence-corrected chi connectivity index (χ1v) is 5.71. The highest BCUT2D eigenvalue weighted by Gasteiger charge is 2.12. The second-order valence-electron chi connectivity index (χ2n) is 3.22. The topological polar surface area (TPSA) is 49.4 Å². The smallest absolute Gasteiger partial charge is 0.138 e. The largest absolute Gasteiger partial charge is 0.546 e. The molecule has 0 heterocycles. The van der Waals surface area contributed by atoms with Crippen LogP contribution >= 0.6 is 23.2 Å². The van der Waals surface area contributed by atoms with Crippen LogP contribution in [0.15, 0.2) is 18.2 Å². The third-order valence-corrected chi connectivity index (χ3v) is 2.59. The quantitative estimate of drug-likeness (QED) is 0.762. The van der Waals surface area contributed by atoms with E-state index in [0.717, 1.165) is 0 Å². The fourth-order valence-corrected chi connectivity index (χ4v) is 1.62. The zero-order valence-electron chi connectivity index (χ0n) is 8.70. The van der Waals surface area contributed by atoms with Crippen LogP contribution in [-0.4, -0.2) is 12.1 Å². The molecule has 1 aromatic carbocycles. The second-order valence-corrected chi connectivity index (χ2v) is 3.92. The average Bonchev–Trinajstić information content (AvgIpc) is 2.26. The first kappa shape index (κ1) is 13.1. The number of carbonyl (C=O) groups is 1. The van der Waals surface area contributed by atoms with Gasteiger partial charge in [-0.25, -0.2) is 0 Å². The first-order valence-electron chi connectivity index (χ1n) is 4.80. The minimum Gasteiger partial charge on any atom is -0.546 e. The number of carboxylic acids is 1. The van der Waals surface area contributed by atoms with Crippen LogP contribution in [0.2, 0.25) is 5.02 Å². The fourth-order valence-electron chi connectivity index (χ4n) is 1.22. The SMILES string of the molecule is CCC(Oc1ccc(Cl)cc1CCl)C(=O)[O-]. The third kappa shape index (κ3) is 3.29. The van der Waals surface area contributed by atoms with Gasteiger partial charge in [0.1, 0.15) is 11.9 Å². The molecule has 0 saturated heterocycles. The van der Waals surface area contributed by atoms with Gasteiger partial charge >= 0.3 is 0 Å². The Morgan fingerprint density at radius 3 is 2.75 bits per heavy atom. The van der Waals surface area contributed by atoms with E-state index in [9.17, 15) is 9.90 Å². The molecule has 0 aliphatic rings. The van der Waals surface area contributed by atoms with Crippen LogP contribution in [0.1, 0.15) is 18.9 Å². The molecule has 0 radical (unpaired) electrons. The van der Waals surface area contributed by atoms with E-state index in [2.05, 4.69) is 0 Å². The molecular formula is C11H11Cl2O3-. The molecule has 88 valence electrons. The molecule has 0 aliphatic heterocycles. The van der Waals surface area contributed by atoms with Crippen LogP contribution in [0.3, 0.4) is 0 Å². The summed E-state index contributed by atoms with van der Waals surface area (Å²) >= 11 is 11.5. The zero-order valence-corrected chi connectivity index (χ0v) is 10.2. The van der Waals surface area contributed by atoms with Crippen LogP contribution in [0, 0.1) is 0 Å². The Hall–Kier alpha value is -0.930. The number of ether oxygens (including phenoxy) is 1. The molecule has 1 atom stereocenters. The standard InChI is InChI=1S/C11H12Cl2O3/c1-2-9(11(14)15)16-10-4-3-8(13)5-7(10)6-12/h3-5,9H,2,6H2,1H3,(H,14,15)/p-1. The van der Waals surface area contributed by atoms with Crippen LogP contribution in [0.25, 0.3) is 0 Å². The molecule has 0 amide bonds. The summed E-state index contributed by atoms with van der Waals surface area (Å²) in [5.74, 6) is -0.604. The van der Waals surface area contributed by atoms with Gasteiger partial charge in [-0.3, -0.25) is 0 Å². The van der Waals surface area contributed by atoms with E-state index in [1.165, 1.54) is 0 Å². The Labute approximate surface area is 104 Å². The Morgan fingerprint density at radius 2 is 2.25 bits per heavy atom. The summed E-state index contributed by atoms with van der Waals surface area (Å²) in [7, 11) is 0. The van der Waals surface area contributed by atoms with Crippen molar-refractivity contribution in [1.82, 2.24) is 0 Å². The van der Waals surface area contributed by atoms with Crippen molar-refractivity contribution >= 4 is 29.2 Å². The van der Waals surface area contributed by atoms with Gasteiger partial charge in [0.25, 0.3) is 0 Å². The summed E-state index contributed by atoms with van der Waals surface area (Å²) < 4.78 is 5.30. The summed E-state index contributed by atoms with van der Waals surface area (Å²) in [6.45, 7) is 1.71. The molecule has 0 saturated carbocycles. The van der Waals surface area contributed by atoms with Crippen molar-refractivity contribution in [3.8, 4) is 5.75 Å². The van der Waals surface area contributed by atoms with Crippen LogP contribution < -0.4 is 9.84 Å². The summed E-state index contributed by atoms with van der Waals surface area (Å²) in [5, 5.41) is 11.2. The molecule has 16 heavy (non-hydrogen) atoms. The van der Waals surface area contributed by atoms with E-state index >= 15 is 0 Å². The number of halogens is 2. The molecule has 0 bridgehead atoms. The van der Waals surface area contributed by atoms with Crippen LogP contribution in [0.4, 0.5) is 0 Å². The van der Waals surface area contributed by atoms with Crippen LogP contribution in [0.5, 0.6) is 5.75 Å². The van der Waals surface area contributed by atoms with Crippen molar-refractivity contribution in [2.45, 2.75) is 25.3 Å². The molecule has 1 unspecified atom stereocenters. The lowest BCUT2D eigenvalue weighted by Crippen LogP contribution is -2.39. The molecule has 0 N–H and O–H groups in total. The van der Waals surface area contributed by atoms with Gasteiger partial charge in [-0.2, -0.15) is 0 Å². The number of hydrogen-bond acceptors (Lipinski definition) is 3. The lowest BCUT2D eigenvalue weighted by Gasteiger charge is -2.20. The molecule has 0 spiro atoms. The molecule has 0 aromatic heterocycles. The number of carboxylic acid groups (broad SMARTS) is 1. The fraction of sp³-hybridized carbons (Fsp3) is 0.364. The Bertz CT molecular complexity index is 379. The van der Waals surface area contributed by atoms with E-state index in [0.29, 0.717) is 22.8 Å². The third-order valence-electron chi connectivity index (χ3n) is 2.07. The second kappa shape index (κ2) is 5.97. The van der Waals surface area contributed by atoms with Crippen molar-refractivity contribution < 1.29 is 14.6 Å². The van der Waals surface area contributed by atoms with Gasteiger partial charge in [0, 0.05) is 10.6 Å². The van der Waals surface area contributed by atoms with E-state index < -0.39 is 12.1 Å². The van der Waals surface area contributed by atoms with Crippen molar-refractivity contribution in [2.75, 3.05) is 0 Å². The first-order chi connectivity index (χ1) is 7.58. The van der Waals surface area contributed by atoms with E-state index in [1.54, 1.807) is 25.1 Å². The molecule has 0 fully saturated rings. The number of benzene rings is 1. The van der Waals surface area contributed by atoms with Gasteiger partial charge in [-0.1, -0.05) is 18.5 Å². The maximum atomic E-state index is 10.7. The summed E-state index contributed by atoms with van der Waals surface area (Å²) in [6, 6.07) is 4.87. The summed E-state index contributed by atoms with van der Waals surface area (Å²) in [5.41, 5.74) is 0.661. The predicted molar refractivity (Wildman–Crippen MR) is 60.7 cm³/mol. The van der Waals surface area contributed by atoms with E-state index in [-0.39, 0.29) is 5.88 Å². The number of hydrogen-bond donors (Lipinski definition) is 0. The monoisotopic (exact) mass is 261 g/mol. The van der Waals surface area contributed by atoms with Crippen molar-refractivity contribution in [3.05, 3.63) is 28.8 Å². The lowest BCUT2D eigenvalue weighted by molar-refractivity contribution is -0.313. The summed E-state index contributed by atoms with van der Waals surface area (Å²) in [4.78, 5) is 10.7. The van der Waals surface area contributed by atoms with Gasteiger partial charge in [0.05, 0.1) is 11.8 Å². The Kier molecular flexibility index (Phi) is 4.90. The molecule has 5 heteroatoms. The highest BCUT2D eigenvalue weighted by molar-refractivity contribution is 6.30. The highest BCUT2D eigenvalue weighted by Crippen LogP contribution is 2.25. The molecule has 0 aliphatic carbocycles. The normalized spacial score (nSPS) is 12.2. The van der Waals surface area contributed by atoms with Gasteiger partial charge in [0.15, 0.2) is 0 Å². The van der Waals surface area contributed by atoms with E-state index in [4.69, 9.17) is 27.9 Å². The Balaban J connectivity index is 2.91.